The third-order valence-corrected chi connectivity index (χ3v) is 4.35. The predicted molar refractivity (Wildman–Crippen MR) is 66.6 cm³/mol. The summed E-state index contributed by atoms with van der Waals surface area (Å²) in [4.78, 5) is 11.4. The van der Waals surface area contributed by atoms with E-state index in [4.69, 9.17) is 9.84 Å². The Morgan fingerprint density at radius 3 is 2.94 bits per heavy atom. The lowest BCUT2D eigenvalue weighted by molar-refractivity contribution is -0.0695. The zero-order chi connectivity index (χ0) is 12.3. The minimum Gasteiger partial charge on any atom is -0.477 e. The van der Waals surface area contributed by atoms with Gasteiger partial charge in [-0.2, -0.15) is 0 Å². The van der Waals surface area contributed by atoms with Crippen LogP contribution in [-0.2, 0) is 11.3 Å². The van der Waals surface area contributed by atoms with E-state index in [0.29, 0.717) is 11.4 Å². The van der Waals surface area contributed by atoms with Crippen molar-refractivity contribution in [3.63, 3.8) is 0 Å². The highest BCUT2D eigenvalue weighted by Crippen LogP contribution is 2.34. The largest absolute Gasteiger partial charge is 0.477 e. The van der Waals surface area contributed by atoms with Gasteiger partial charge in [-0.05, 0) is 36.3 Å². The molecule has 2 rings (SSSR count). The first-order valence-electron chi connectivity index (χ1n) is 5.72. The van der Waals surface area contributed by atoms with Crippen LogP contribution in [0, 0.1) is 0 Å². The molecule has 0 unspecified atom stereocenters. The highest BCUT2D eigenvalue weighted by atomic mass is 32.1. The second kappa shape index (κ2) is 5.16. The number of aromatic carboxylic acids is 1. The molecule has 0 aromatic carbocycles. The van der Waals surface area contributed by atoms with E-state index < -0.39 is 5.97 Å². The van der Waals surface area contributed by atoms with Crippen LogP contribution >= 0.6 is 11.3 Å². The summed E-state index contributed by atoms with van der Waals surface area (Å²) in [6.45, 7) is 1.38. The molecule has 0 bridgehead atoms. The fraction of sp³-hybridized carbons (Fsp3) is 0.583. The monoisotopic (exact) mass is 255 g/mol. The van der Waals surface area contributed by atoms with Gasteiger partial charge >= 0.3 is 5.97 Å². The first-order valence-corrected chi connectivity index (χ1v) is 6.60. The summed E-state index contributed by atoms with van der Waals surface area (Å²) in [5, 5.41) is 14.1. The highest BCUT2D eigenvalue weighted by molar-refractivity contribution is 7.12. The molecular weight excluding hydrogens is 238 g/mol. The topological polar surface area (TPSA) is 58.6 Å². The van der Waals surface area contributed by atoms with Crippen LogP contribution in [0.1, 0.15) is 34.5 Å². The van der Waals surface area contributed by atoms with Crippen molar-refractivity contribution < 1.29 is 14.6 Å². The fourth-order valence-corrected chi connectivity index (χ4v) is 2.87. The maximum absolute atomic E-state index is 10.9. The predicted octanol–water partition coefficient (Wildman–Crippen LogP) is 2.11. The van der Waals surface area contributed by atoms with E-state index in [9.17, 15) is 4.79 Å². The van der Waals surface area contributed by atoms with Crippen molar-refractivity contribution in [2.45, 2.75) is 31.4 Å². The van der Waals surface area contributed by atoms with E-state index in [1.54, 1.807) is 7.11 Å². The lowest BCUT2D eigenvalue weighted by atomic mass is 9.80. The Hall–Kier alpha value is -0.910. The van der Waals surface area contributed by atoms with Crippen LogP contribution in [0.2, 0.25) is 0 Å². The summed E-state index contributed by atoms with van der Waals surface area (Å²) in [5.41, 5.74) is 0.840. The zero-order valence-electron chi connectivity index (χ0n) is 9.86. The summed E-state index contributed by atoms with van der Waals surface area (Å²) in [6.07, 6.45) is 3.40. The molecule has 1 saturated carbocycles. The van der Waals surface area contributed by atoms with Gasteiger partial charge in [-0.1, -0.05) is 0 Å². The van der Waals surface area contributed by atoms with Crippen molar-refractivity contribution in [2.75, 3.05) is 13.7 Å². The van der Waals surface area contributed by atoms with Crippen molar-refractivity contribution >= 4 is 17.3 Å². The molecular formula is C12H17NO3S. The normalized spacial score (nSPS) is 17.7. The molecule has 1 fully saturated rings. The van der Waals surface area contributed by atoms with E-state index in [2.05, 4.69) is 5.32 Å². The lowest BCUT2D eigenvalue weighted by Crippen LogP contribution is -2.47. The Morgan fingerprint density at radius 1 is 1.65 bits per heavy atom. The van der Waals surface area contributed by atoms with Gasteiger partial charge < -0.3 is 15.2 Å². The van der Waals surface area contributed by atoms with Gasteiger partial charge in [0.05, 0.1) is 5.60 Å². The minimum absolute atomic E-state index is 0.0145. The lowest BCUT2D eigenvalue weighted by Gasteiger charge is -2.40. The number of hydrogen-bond acceptors (Lipinski definition) is 4. The molecule has 0 spiro atoms. The standard InChI is InChI=1S/C12H17NO3S/c1-16-12(4-2-5-12)8-13-7-9-3-6-17-10(9)11(14)15/h3,6,13H,2,4-5,7-8H2,1H3,(H,14,15). The molecule has 1 aromatic heterocycles. The van der Waals surface area contributed by atoms with Crippen LogP contribution in [0.25, 0.3) is 0 Å². The third-order valence-electron chi connectivity index (χ3n) is 3.40. The smallest absolute Gasteiger partial charge is 0.346 e. The number of carbonyl (C=O) groups is 1. The van der Waals surface area contributed by atoms with E-state index in [-0.39, 0.29) is 5.60 Å². The highest BCUT2D eigenvalue weighted by Gasteiger charge is 2.36. The van der Waals surface area contributed by atoms with Crippen LogP contribution in [0.15, 0.2) is 11.4 Å². The average Bonchev–Trinajstić information content (AvgIpc) is 2.70. The van der Waals surface area contributed by atoms with Gasteiger partial charge in [0.1, 0.15) is 4.88 Å². The second-order valence-electron chi connectivity index (χ2n) is 4.42. The minimum atomic E-state index is -0.845. The van der Waals surface area contributed by atoms with E-state index >= 15 is 0 Å². The number of carboxylic acid groups (broad SMARTS) is 1. The Kier molecular flexibility index (Phi) is 3.81. The quantitative estimate of drug-likeness (QED) is 0.817. The van der Waals surface area contributed by atoms with Crippen LogP contribution in [0.4, 0.5) is 0 Å². The first kappa shape index (κ1) is 12.5. The van der Waals surface area contributed by atoms with Crippen molar-refractivity contribution in [2.24, 2.45) is 0 Å². The Bertz CT molecular complexity index is 393. The summed E-state index contributed by atoms with van der Waals surface area (Å²) >= 11 is 1.27. The molecule has 0 amide bonds. The van der Waals surface area contributed by atoms with Crippen LogP contribution < -0.4 is 5.32 Å². The molecule has 0 saturated heterocycles. The molecule has 2 N–H and O–H groups in total. The van der Waals surface area contributed by atoms with Gasteiger partial charge in [0.25, 0.3) is 0 Å². The van der Waals surface area contributed by atoms with Crippen molar-refractivity contribution in [1.82, 2.24) is 5.32 Å². The molecule has 4 nitrogen and oxygen atoms in total. The Balaban J connectivity index is 1.85. The number of methoxy groups -OCH3 is 1. The molecule has 17 heavy (non-hydrogen) atoms. The van der Waals surface area contributed by atoms with E-state index in [0.717, 1.165) is 24.9 Å². The maximum atomic E-state index is 10.9. The van der Waals surface area contributed by atoms with Gasteiger partial charge in [0.2, 0.25) is 0 Å². The summed E-state index contributed by atoms with van der Waals surface area (Å²) in [6, 6.07) is 1.86. The Morgan fingerprint density at radius 2 is 2.41 bits per heavy atom. The molecule has 5 heteroatoms. The zero-order valence-corrected chi connectivity index (χ0v) is 10.7. The summed E-state index contributed by atoms with van der Waals surface area (Å²) in [7, 11) is 1.74. The summed E-state index contributed by atoms with van der Waals surface area (Å²) < 4.78 is 5.49. The molecule has 1 aliphatic carbocycles. The maximum Gasteiger partial charge on any atom is 0.346 e. The van der Waals surface area contributed by atoms with Crippen LogP contribution in [0.3, 0.4) is 0 Å². The number of thiophene rings is 1. The molecule has 0 radical (unpaired) electrons. The molecule has 0 aliphatic heterocycles. The van der Waals surface area contributed by atoms with E-state index in [1.807, 2.05) is 11.4 Å². The second-order valence-corrected chi connectivity index (χ2v) is 5.34. The van der Waals surface area contributed by atoms with Crippen molar-refractivity contribution in [3.8, 4) is 0 Å². The van der Waals surface area contributed by atoms with Gasteiger partial charge in [0.15, 0.2) is 0 Å². The molecule has 0 atom stereocenters. The number of nitrogens with one attached hydrogen (secondary N) is 1. The number of rotatable bonds is 6. The first-order chi connectivity index (χ1) is 8.17. The van der Waals surface area contributed by atoms with Crippen molar-refractivity contribution in [1.29, 1.82) is 0 Å². The molecule has 1 aliphatic rings. The van der Waals surface area contributed by atoms with Gasteiger partial charge in [-0.25, -0.2) is 4.79 Å². The summed E-state index contributed by atoms with van der Waals surface area (Å²) in [5.74, 6) is -0.845. The fourth-order valence-electron chi connectivity index (χ4n) is 2.11. The average molecular weight is 255 g/mol. The number of carboxylic acids is 1. The van der Waals surface area contributed by atoms with Gasteiger partial charge in [-0.3, -0.25) is 0 Å². The number of hydrogen-bond donors (Lipinski definition) is 2. The van der Waals surface area contributed by atoms with Gasteiger partial charge in [0, 0.05) is 20.2 Å². The Labute approximate surface area is 105 Å². The molecule has 1 heterocycles. The third kappa shape index (κ3) is 2.68. The van der Waals surface area contributed by atoms with Crippen molar-refractivity contribution in [3.05, 3.63) is 21.9 Å². The van der Waals surface area contributed by atoms with Gasteiger partial charge in [-0.15, -0.1) is 11.3 Å². The van der Waals surface area contributed by atoms with E-state index in [1.165, 1.54) is 17.8 Å². The SMILES string of the molecule is COC1(CNCc2ccsc2C(=O)O)CCC1. The van der Waals surface area contributed by atoms with Crippen LogP contribution in [0.5, 0.6) is 0 Å². The molecule has 94 valence electrons. The molecule has 1 aromatic rings. The number of ether oxygens (including phenoxy) is 1. The van der Waals surface area contributed by atoms with Crippen LogP contribution in [-0.4, -0.2) is 30.3 Å².